The van der Waals surface area contributed by atoms with Crippen molar-refractivity contribution in [3.8, 4) is 5.75 Å². The molecule has 0 aliphatic heterocycles. The molecule has 0 heterocycles. The predicted molar refractivity (Wildman–Crippen MR) is 171 cm³/mol. The molecule has 0 saturated carbocycles. The van der Waals surface area contributed by atoms with Gasteiger partial charge in [0.15, 0.2) is 0 Å². The van der Waals surface area contributed by atoms with Crippen LogP contribution in [0.2, 0.25) is 15.1 Å². The highest BCUT2D eigenvalue weighted by Gasteiger charge is 2.36. The summed E-state index contributed by atoms with van der Waals surface area (Å²) in [4.78, 5) is 26.7. The SMILES string of the molecule is CCCC(C)(C(=O)N[C@@H](CO)c1ccc(Cl)c(O)c1)c1ccc(Cl)c(Cl)c1.CCCC(CCC)N(CCC)C(C)=O. The molecule has 2 aromatic rings. The van der Waals surface area contributed by atoms with E-state index in [1.54, 1.807) is 31.2 Å². The number of nitrogens with zero attached hydrogens (tertiary/aromatic N) is 1. The maximum atomic E-state index is 13.2. The number of aromatic hydroxyl groups is 1. The van der Waals surface area contributed by atoms with Crippen molar-refractivity contribution in [2.45, 2.75) is 104 Å². The number of benzene rings is 2. The number of amides is 2. The van der Waals surface area contributed by atoms with Crippen LogP contribution in [0.5, 0.6) is 5.75 Å². The third kappa shape index (κ3) is 11.0. The molecule has 0 bridgehead atoms. The van der Waals surface area contributed by atoms with Crippen molar-refractivity contribution in [3.63, 3.8) is 0 Å². The number of aliphatic hydroxyl groups excluding tert-OH is 1. The first kappa shape index (κ1) is 37.0. The first-order chi connectivity index (χ1) is 19.4. The molecule has 230 valence electrons. The molecular weight excluding hydrogens is 583 g/mol. The fraction of sp³-hybridized carbons (Fsp3) is 0.562. The van der Waals surface area contributed by atoms with E-state index < -0.39 is 11.5 Å². The first-order valence-corrected chi connectivity index (χ1v) is 15.7. The van der Waals surface area contributed by atoms with Gasteiger partial charge in [-0.3, -0.25) is 9.59 Å². The molecule has 9 heteroatoms. The molecule has 6 nitrogen and oxygen atoms in total. The van der Waals surface area contributed by atoms with Gasteiger partial charge in [-0.05, 0) is 68.0 Å². The van der Waals surface area contributed by atoms with E-state index in [-0.39, 0.29) is 29.2 Å². The minimum Gasteiger partial charge on any atom is -0.506 e. The molecule has 2 aromatic carbocycles. The van der Waals surface area contributed by atoms with Crippen molar-refractivity contribution >= 4 is 46.6 Å². The van der Waals surface area contributed by atoms with Crippen LogP contribution in [0.15, 0.2) is 36.4 Å². The Morgan fingerprint density at radius 2 is 1.51 bits per heavy atom. The van der Waals surface area contributed by atoms with Crippen LogP contribution < -0.4 is 5.32 Å². The summed E-state index contributed by atoms with van der Waals surface area (Å²) in [7, 11) is 0. The molecule has 41 heavy (non-hydrogen) atoms. The van der Waals surface area contributed by atoms with E-state index in [0.717, 1.165) is 50.6 Å². The van der Waals surface area contributed by atoms with Gasteiger partial charge in [0.1, 0.15) is 5.75 Å². The Balaban J connectivity index is 0.000000509. The van der Waals surface area contributed by atoms with Gasteiger partial charge in [0.2, 0.25) is 11.8 Å². The van der Waals surface area contributed by atoms with Gasteiger partial charge in [-0.15, -0.1) is 0 Å². The monoisotopic (exact) mass is 628 g/mol. The normalized spacial score (nSPS) is 13.1. The van der Waals surface area contributed by atoms with Gasteiger partial charge >= 0.3 is 0 Å². The number of hydrogen-bond acceptors (Lipinski definition) is 4. The maximum Gasteiger partial charge on any atom is 0.230 e. The zero-order valence-electron chi connectivity index (χ0n) is 25.3. The van der Waals surface area contributed by atoms with Crippen molar-refractivity contribution in [1.82, 2.24) is 10.2 Å². The van der Waals surface area contributed by atoms with Crippen LogP contribution in [0.3, 0.4) is 0 Å². The maximum absolute atomic E-state index is 13.2. The number of halogens is 3. The van der Waals surface area contributed by atoms with Crippen LogP contribution in [-0.4, -0.2) is 46.1 Å². The van der Waals surface area contributed by atoms with Gasteiger partial charge in [0, 0.05) is 19.5 Å². The Kier molecular flexibility index (Phi) is 16.7. The smallest absolute Gasteiger partial charge is 0.230 e. The Labute approximate surface area is 261 Å². The molecule has 0 spiro atoms. The average Bonchev–Trinajstić information content (AvgIpc) is 2.93. The summed E-state index contributed by atoms with van der Waals surface area (Å²) in [6, 6.07) is 9.54. The van der Waals surface area contributed by atoms with Crippen molar-refractivity contribution in [2.75, 3.05) is 13.2 Å². The van der Waals surface area contributed by atoms with Gasteiger partial charge in [-0.2, -0.15) is 0 Å². The summed E-state index contributed by atoms with van der Waals surface area (Å²) in [6.07, 6.45) is 7.04. The van der Waals surface area contributed by atoms with E-state index in [4.69, 9.17) is 34.8 Å². The largest absolute Gasteiger partial charge is 0.506 e. The minimum absolute atomic E-state index is 0.109. The van der Waals surface area contributed by atoms with Gasteiger partial charge in [-0.1, -0.05) is 93.9 Å². The number of rotatable bonds is 14. The van der Waals surface area contributed by atoms with Crippen molar-refractivity contribution in [2.24, 2.45) is 0 Å². The molecule has 0 saturated heterocycles. The van der Waals surface area contributed by atoms with Crippen LogP contribution in [0, 0.1) is 0 Å². The number of aliphatic hydroxyl groups is 1. The summed E-state index contributed by atoms with van der Waals surface area (Å²) in [5.41, 5.74) is 0.442. The second-order valence-corrected chi connectivity index (χ2v) is 11.8. The van der Waals surface area contributed by atoms with E-state index in [0.29, 0.717) is 28.1 Å². The molecule has 0 radical (unpaired) electrons. The highest BCUT2D eigenvalue weighted by molar-refractivity contribution is 6.42. The highest BCUT2D eigenvalue weighted by Crippen LogP contribution is 2.35. The van der Waals surface area contributed by atoms with Crippen LogP contribution >= 0.6 is 34.8 Å². The number of hydrogen-bond donors (Lipinski definition) is 3. The van der Waals surface area contributed by atoms with E-state index in [1.807, 2.05) is 18.7 Å². The molecule has 2 amide bonds. The second-order valence-electron chi connectivity index (χ2n) is 10.6. The number of phenols is 1. The van der Waals surface area contributed by atoms with Crippen molar-refractivity contribution in [3.05, 3.63) is 62.6 Å². The fourth-order valence-corrected chi connectivity index (χ4v) is 5.40. The fourth-order valence-electron chi connectivity index (χ4n) is 4.99. The predicted octanol–water partition coefficient (Wildman–Crippen LogP) is 8.47. The molecule has 0 aromatic heterocycles. The summed E-state index contributed by atoms with van der Waals surface area (Å²) in [5, 5.41) is 23.4. The van der Waals surface area contributed by atoms with Gasteiger partial charge in [0.25, 0.3) is 0 Å². The molecule has 2 atom stereocenters. The highest BCUT2D eigenvalue weighted by atomic mass is 35.5. The number of phenolic OH excluding ortho intramolecular Hbond substituents is 1. The lowest BCUT2D eigenvalue weighted by Crippen LogP contribution is -2.44. The Hall–Kier alpha value is -1.99. The first-order valence-electron chi connectivity index (χ1n) is 14.5. The van der Waals surface area contributed by atoms with E-state index in [9.17, 15) is 19.8 Å². The molecule has 0 aliphatic rings. The lowest BCUT2D eigenvalue weighted by atomic mass is 9.77. The quantitative estimate of drug-likeness (QED) is 0.196. The molecule has 0 fully saturated rings. The molecule has 1 unspecified atom stereocenters. The molecular formula is C32H47Cl3N2O4. The number of carbonyl (C=O) groups excluding carboxylic acids is 2. The van der Waals surface area contributed by atoms with Crippen LogP contribution in [0.25, 0.3) is 0 Å². The third-order valence-corrected chi connectivity index (χ3v) is 8.28. The van der Waals surface area contributed by atoms with Gasteiger partial charge in [0.05, 0.1) is 33.1 Å². The topological polar surface area (TPSA) is 89.9 Å². The molecule has 3 N–H and O–H groups in total. The Morgan fingerprint density at radius 1 is 0.902 bits per heavy atom. The van der Waals surface area contributed by atoms with Crippen LogP contribution in [-0.2, 0) is 15.0 Å². The van der Waals surface area contributed by atoms with Crippen LogP contribution in [0.4, 0.5) is 0 Å². The minimum atomic E-state index is -0.856. The summed E-state index contributed by atoms with van der Waals surface area (Å²) >= 11 is 18.0. The zero-order chi connectivity index (χ0) is 31.2. The third-order valence-electron chi connectivity index (χ3n) is 7.22. The average molecular weight is 630 g/mol. The number of nitrogens with one attached hydrogen (secondary N) is 1. The molecule has 2 rings (SSSR count). The van der Waals surface area contributed by atoms with Gasteiger partial charge in [-0.25, -0.2) is 0 Å². The van der Waals surface area contributed by atoms with E-state index >= 15 is 0 Å². The summed E-state index contributed by atoms with van der Waals surface area (Å²) in [5.74, 6) is -0.127. The van der Waals surface area contributed by atoms with Crippen molar-refractivity contribution < 1.29 is 19.8 Å². The summed E-state index contributed by atoms with van der Waals surface area (Å²) < 4.78 is 0. The van der Waals surface area contributed by atoms with E-state index in [2.05, 4.69) is 26.1 Å². The van der Waals surface area contributed by atoms with Crippen LogP contribution in [0.1, 0.15) is 104 Å². The molecule has 0 aliphatic carbocycles. The lowest BCUT2D eigenvalue weighted by molar-refractivity contribution is -0.131. The number of carbonyl (C=O) groups is 2. The van der Waals surface area contributed by atoms with Crippen molar-refractivity contribution in [1.29, 1.82) is 0 Å². The standard InChI is InChI=1S/C20H22Cl3NO3.C12H25NO/c1-3-8-20(2,13-5-7-14(21)16(23)10-13)19(27)24-17(11-25)12-4-6-15(22)18(26)9-12;1-5-8-12(9-6-2)13(10-7-3)11(4)14/h4-7,9-10,17,25-26H,3,8,11H2,1-2H3,(H,24,27);12H,5-10H2,1-4H3/t17-,20?;/m0./s1. The second kappa shape index (κ2) is 18.5. The Bertz CT molecular complexity index is 1110. The lowest BCUT2D eigenvalue weighted by Gasteiger charge is -2.31. The van der Waals surface area contributed by atoms with Gasteiger partial charge < -0.3 is 20.4 Å². The Morgan fingerprint density at radius 3 is 1.98 bits per heavy atom. The summed E-state index contributed by atoms with van der Waals surface area (Å²) in [6.45, 7) is 12.6. The zero-order valence-corrected chi connectivity index (χ0v) is 27.5. The van der Waals surface area contributed by atoms with E-state index in [1.165, 1.54) is 12.1 Å².